The zero-order chi connectivity index (χ0) is 14.0. The van der Waals surface area contributed by atoms with Gasteiger partial charge in [-0.05, 0) is 12.1 Å². The zero-order valence-electron chi connectivity index (χ0n) is 9.34. The minimum atomic E-state index is -2.73. The number of hydroxylamine groups is 2. The molecule has 0 atom stereocenters. The minimum Gasteiger partial charge on any atom is -0.329 e. The molecule has 1 aliphatic rings. The molecule has 0 bridgehead atoms. The van der Waals surface area contributed by atoms with Crippen LogP contribution in [0.25, 0.3) is 0 Å². The van der Waals surface area contributed by atoms with Gasteiger partial charge in [-0.15, -0.1) is 0 Å². The third-order valence-corrected chi connectivity index (χ3v) is 2.93. The number of hydrogen-bond donors (Lipinski definition) is 0. The molecule has 2 amide bonds. The van der Waals surface area contributed by atoms with Gasteiger partial charge in [0.05, 0.1) is 16.9 Å². The molecule has 2 rings (SSSR count). The molecule has 0 fully saturated rings. The summed E-state index contributed by atoms with van der Waals surface area (Å²) in [4.78, 5) is 39.2. The smallest absolute Gasteiger partial charge is 0.329 e. The molecule has 1 heterocycles. The lowest BCUT2D eigenvalue weighted by molar-refractivity contribution is -0.165. The first-order valence-corrected chi connectivity index (χ1v) is 6.14. The topological polar surface area (TPSA) is 63.7 Å². The second kappa shape index (κ2) is 5.35. The quantitative estimate of drug-likeness (QED) is 0.789. The molecule has 0 radical (unpaired) electrons. The lowest BCUT2D eigenvalue weighted by Crippen LogP contribution is -2.33. The monoisotopic (exact) mass is 287 g/mol. The first-order chi connectivity index (χ1) is 9.00. The van der Waals surface area contributed by atoms with Gasteiger partial charge >= 0.3 is 5.97 Å². The highest BCUT2D eigenvalue weighted by Gasteiger charge is 2.38. The van der Waals surface area contributed by atoms with Gasteiger partial charge in [-0.3, -0.25) is 9.59 Å². The summed E-state index contributed by atoms with van der Waals surface area (Å²) in [6.45, 7) is 0. The van der Waals surface area contributed by atoms with Crippen molar-refractivity contribution in [2.45, 2.75) is 5.76 Å². The molecule has 1 aromatic rings. The van der Waals surface area contributed by atoms with Crippen LogP contribution in [0.3, 0.4) is 0 Å². The fourth-order valence-electron chi connectivity index (χ4n) is 1.51. The molecule has 0 spiro atoms. The number of hydrogen-bond acceptors (Lipinski definition) is 5. The van der Waals surface area contributed by atoms with E-state index in [1.165, 1.54) is 12.1 Å². The van der Waals surface area contributed by atoms with Crippen molar-refractivity contribution in [3.63, 3.8) is 0 Å². The molecular formula is C11H7F2NO4S. The fraction of sp³-hybridized carbons (Fsp3) is 0.182. The SMILES string of the molecule is O=C(CSC(F)F)ON1C(=O)c2ccccc2C1=O. The average molecular weight is 287 g/mol. The van der Waals surface area contributed by atoms with Gasteiger partial charge in [-0.1, -0.05) is 29.0 Å². The number of benzene rings is 1. The van der Waals surface area contributed by atoms with Crippen LogP contribution >= 0.6 is 11.8 Å². The predicted molar refractivity (Wildman–Crippen MR) is 61.5 cm³/mol. The summed E-state index contributed by atoms with van der Waals surface area (Å²) < 4.78 is 23.8. The van der Waals surface area contributed by atoms with Gasteiger partial charge < -0.3 is 4.84 Å². The molecule has 8 heteroatoms. The van der Waals surface area contributed by atoms with Crippen molar-refractivity contribution in [1.82, 2.24) is 5.06 Å². The Hall–Kier alpha value is -1.96. The molecule has 1 aromatic carbocycles. The maximum atomic E-state index is 11.9. The number of alkyl halides is 2. The molecule has 0 unspecified atom stereocenters. The summed E-state index contributed by atoms with van der Waals surface area (Å²) in [6.07, 6.45) is 0. The van der Waals surface area contributed by atoms with Crippen LogP contribution in [-0.4, -0.2) is 34.4 Å². The van der Waals surface area contributed by atoms with Crippen molar-refractivity contribution in [3.05, 3.63) is 35.4 Å². The Labute approximate surface area is 110 Å². The summed E-state index contributed by atoms with van der Waals surface area (Å²) in [5.74, 6) is -6.02. The van der Waals surface area contributed by atoms with E-state index in [1.54, 1.807) is 12.1 Å². The lowest BCUT2D eigenvalue weighted by Gasteiger charge is -2.12. The normalized spacial score (nSPS) is 13.9. The highest BCUT2D eigenvalue weighted by Crippen LogP contribution is 2.23. The van der Waals surface area contributed by atoms with Crippen LogP contribution in [0.1, 0.15) is 20.7 Å². The second-order valence-corrected chi connectivity index (χ2v) is 4.46. The highest BCUT2D eigenvalue weighted by molar-refractivity contribution is 8.00. The van der Waals surface area contributed by atoms with E-state index in [1.807, 2.05) is 0 Å². The second-order valence-electron chi connectivity index (χ2n) is 3.49. The Morgan fingerprint density at radius 2 is 1.74 bits per heavy atom. The third-order valence-electron chi connectivity index (χ3n) is 2.28. The van der Waals surface area contributed by atoms with Crippen LogP contribution in [0.5, 0.6) is 0 Å². The van der Waals surface area contributed by atoms with Gasteiger partial charge in [-0.2, -0.15) is 8.78 Å². The predicted octanol–water partition coefficient (Wildman–Crippen LogP) is 1.70. The number of carbonyl (C=O) groups excluding carboxylic acids is 3. The van der Waals surface area contributed by atoms with E-state index < -0.39 is 29.3 Å². The van der Waals surface area contributed by atoms with Crippen molar-refractivity contribution in [1.29, 1.82) is 0 Å². The van der Waals surface area contributed by atoms with Crippen LogP contribution in [-0.2, 0) is 9.63 Å². The highest BCUT2D eigenvalue weighted by atomic mass is 32.2. The van der Waals surface area contributed by atoms with Crippen LogP contribution in [0.15, 0.2) is 24.3 Å². The van der Waals surface area contributed by atoms with Gasteiger partial charge in [0.1, 0.15) is 0 Å². The Balaban J connectivity index is 2.06. The number of carbonyl (C=O) groups is 3. The summed E-state index contributed by atoms with van der Waals surface area (Å²) >= 11 is 0.0519. The fourth-order valence-corrected chi connectivity index (χ4v) is 1.82. The van der Waals surface area contributed by atoms with Crippen molar-refractivity contribution < 1.29 is 28.0 Å². The van der Waals surface area contributed by atoms with E-state index in [-0.39, 0.29) is 22.9 Å². The van der Waals surface area contributed by atoms with E-state index in [0.29, 0.717) is 5.06 Å². The van der Waals surface area contributed by atoms with E-state index in [4.69, 9.17) is 0 Å². The third kappa shape index (κ3) is 2.73. The number of imide groups is 1. The van der Waals surface area contributed by atoms with Gasteiger partial charge in [0.2, 0.25) is 0 Å². The number of halogens is 2. The molecule has 0 aromatic heterocycles. The molecule has 5 nitrogen and oxygen atoms in total. The molecule has 0 saturated heterocycles. The number of fused-ring (bicyclic) bond motifs is 1. The first kappa shape index (κ1) is 13.5. The summed E-state index contributed by atoms with van der Waals surface area (Å²) in [5.41, 5.74) is 0.226. The van der Waals surface area contributed by atoms with Crippen LogP contribution in [0.4, 0.5) is 8.78 Å². The molecular weight excluding hydrogens is 280 g/mol. The molecule has 0 N–H and O–H groups in total. The van der Waals surface area contributed by atoms with Crippen LogP contribution in [0, 0.1) is 0 Å². The number of nitrogens with zero attached hydrogens (tertiary/aromatic N) is 1. The Bertz CT molecular complexity index is 514. The van der Waals surface area contributed by atoms with Gasteiger partial charge in [0.15, 0.2) is 0 Å². The van der Waals surface area contributed by atoms with Crippen molar-refractivity contribution >= 4 is 29.5 Å². The maximum Gasteiger partial charge on any atom is 0.343 e. The van der Waals surface area contributed by atoms with E-state index >= 15 is 0 Å². The Morgan fingerprint density at radius 3 is 2.21 bits per heavy atom. The largest absolute Gasteiger partial charge is 0.343 e. The minimum absolute atomic E-state index is 0.0519. The molecule has 100 valence electrons. The summed E-state index contributed by atoms with van der Waals surface area (Å²) in [7, 11) is 0. The molecule has 0 saturated carbocycles. The summed E-state index contributed by atoms with van der Waals surface area (Å²) in [6, 6.07) is 5.94. The number of amides is 2. The standard InChI is InChI=1S/C11H7F2NO4S/c12-11(13)19-5-8(15)18-14-9(16)6-3-1-2-4-7(6)10(14)17/h1-4,11H,5H2. The van der Waals surface area contributed by atoms with Crippen molar-refractivity contribution in [2.24, 2.45) is 0 Å². The van der Waals surface area contributed by atoms with Crippen LogP contribution in [0.2, 0.25) is 0 Å². The summed E-state index contributed by atoms with van der Waals surface area (Å²) in [5, 5.41) is 0.291. The molecule has 1 aliphatic heterocycles. The van der Waals surface area contributed by atoms with Gasteiger partial charge in [0, 0.05) is 0 Å². The first-order valence-electron chi connectivity index (χ1n) is 5.09. The number of rotatable bonds is 4. The van der Waals surface area contributed by atoms with Crippen molar-refractivity contribution in [3.8, 4) is 0 Å². The number of thioether (sulfide) groups is 1. The van der Waals surface area contributed by atoms with Crippen LogP contribution < -0.4 is 0 Å². The van der Waals surface area contributed by atoms with E-state index in [2.05, 4.69) is 4.84 Å². The van der Waals surface area contributed by atoms with E-state index in [9.17, 15) is 23.2 Å². The van der Waals surface area contributed by atoms with Gasteiger partial charge in [-0.25, -0.2) is 4.79 Å². The van der Waals surface area contributed by atoms with Gasteiger partial charge in [0.25, 0.3) is 17.6 Å². The maximum absolute atomic E-state index is 11.9. The average Bonchev–Trinajstić information content (AvgIpc) is 2.62. The molecule has 0 aliphatic carbocycles. The zero-order valence-corrected chi connectivity index (χ0v) is 10.2. The van der Waals surface area contributed by atoms with Crippen molar-refractivity contribution in [2.75, 3.05) is 5.75 Å². The Kier molecular flexibility index (Phi) is 3.79. The van der Waals surface area contributed by atoms with E-state index in [0.717, 1.165) is 0 Å². The Morgan fingerprint density at radius 1 is 1.21 bits per heavy atom. The molecule has 19 heavy (non-hydrogen) atoms. The lowest BCUT2D eigenvalue weighted by atomic mass is 10.1.